The Labute approximate surface area is 154 Å². The summed E-state index contributed by atoms with van der Waals surface area (Å²) in [6.45, 7) is 8.19. The Kier molecular flexibility index (Phi) is 5.61. The van der Waals surface area contributed by atoms with Crippen molar-refractivity contribution < 1.29 is 14.3 Å². The molecular formula is C20H27N3O3. The van der Waals surface area contributed by atoms with Gasteiger partial charge >= 0.3 is 5.97 Å². The number of benzene rings is 1. The van der Waals surface area contributed by atoms with Gasteiger partial charge in [-0.2, -0.15) is 0 Å². The van der Waals surface area contributed by atoms with Gasteiger partial charge in [-0.15, -0.1) is 0 Å². The normalized spacial score (nSPS) is 17.8. The average molecular weight is 357 g/mol. The van der Waals surface area contributed by atoms with Crippen molar-refractivity contribution in [3.8, 4) is 0 Å². The highest BCUT2D eigenvalue weighted by atomic mass is 16.7. The standard InChI is InChI=1S/C20H27N3O3/c1-5-13(4)18-14(6-2)19(26-12-25-17(24)7-3)23-16-11-9-8-10-15(16)21-20(23)22-18/h8-11,13,19H,5-7,12H2,1-4H3,(H,21,22). The zero-order valence-corrected chi connectivity index (χ0v) is 15.9. The maximum Gasteiger partial charge on any atom is 0.307 e. The van der Waals surface area contributed by atoms with Crippen LogP contribution in [-0.2, 0) is 14.3 Å². The molecule has 0 fully saturated rings. The minimum Gasteiger partial charge on any atom is -0.438 e. The van der Waals surface area contributed by atoms with Crippen molar-refractivity contribution in [3.05, 3.63) is 35.5 Å². The van der Waals surface area contributed by atoms with Crippen LogP contribution in [-0.4, -0.2) is 22.3 Å². The predicted molar refractivity (Wildman–Crippen MR) is 101 cm³/mol. The zero-order chi connectivity index (χ0) is 18.7. The number of ether oxygens (including phenoxy) is 2. The number of carbonyl (C=O) groups excluding carboxylic acids is 1. The molecule has 0 aliphatic carbocycles. The van der Waals surface area contributed by atoms with Crippen LogP contribution in [0.4, 0.5) is 5.95 Å². The van der Waals surface area contributed by atoms with E-state index >= 15 is 0 Å². The number of carbonyl (C=O) groups is 1. The SMILES string of the molecule is CCC(=O)OCOC1C(CC)=C(C(C)CC)Nc2nc3ccccc3n21. The van der Waals surface area contributed by atoms with Crippen LogP contribution in [0, 0.1) is 5.92 Å². The van der Waals surface area contributed by atoms with Crippen molar-refractivity contribution in [3.63, 3.8) is 0 Å². The molecule has 1 aliphatic heterocycles. The summed E-state index contributed by atoms with van der Waals surface area (Å²) in [5.41, 5.74) is 4.23. The lowest BCUT2D eigenvalue weighted by Crippen LogP contribution is -2.29. The molecule has 0 spiro atoms. The lowest BCUT2D eigenvalue weighted by atomic mass is 9.96. The van der Waals surface area contributed by atoms with Gasteiger partial charge in [0, 0.05) is 12.1 Å². The van der Waals surface area contributed by atoms with Crippen molar-refractivity contribution >= 4 is 23.0 Å². The van der Waals surface area contributed by atoms with Gasteiger partial charge in [0.15, 0.2) is 13.0 Å². The number of allylic oxidation sites excluding steroid dienone is 1. The van der Waals surface area contributed by atoms with E-state index in [1.54, 1.807) is 6.92 Å². The molecule has 0 bridgehead atoms. The first kappa shape index (κ1) is 18.5. The van der Waals surface area contributed by atoms with Crippen LogP contribution < -0.4 is 5.32 Å². The molecule has 0 saturated carbocycles. The topological polar surface area (TPSA) is 65.4 Å². The monoisotopic (exact) mass is 357 g/mol. The second kappa shape index (κ2) is 7.91. The molecule has 0 radical (unpaired) electrons. The number of aromatic nitrogens is 2. The van der Waals surface area contributed by atoms with Crippen LogP contribution in [0.2, 0.25) is 0 Å². The number of fused-ring (bicyclic) bond motifs is 3. The van der Waals surface area contributed by atoms with Crippen LogP contribution >= 0.6 is 0 Å². The second-order valence-corrected chi connectivity index (χ2v) is 6.53. The van der Waals surface area contributed by atoms with Crippen molar-refractivity contribution in [1.29, 1.82) is 0 Å². The quantitative estimate of drug-likeness (QED) is 0.579. The summed E-state index contributed by atoms with van der Waals surface area (Å²) in [5, 5.41) is 3.52. The van der Waals surface area contributed by atoms with Crippen molar-refractivity contribution in [2.75, 3.05) is 12.1 Å². The smallest absolute Gasteiger partial charge is 0.307 e. The molecule has 0 saturated heterocycles. The van der Waals surface area contributed by atoms with Crippen LogP contribution in [0.25, 0.3) is 11.0 Å². The van der Waals surface area contributed by atoms with Gasteiger partial charge in [-0.1, -0.05) is 39.8 Å². The molecule has 1 aromatic carbocycles. The molecule has 6 nitrogen and oxygen atoms in total. The fourth-order valence-corrected chi connectivity index (χ4v) is 3.31. The molecule has 140 valence electrons. The van der Waals surface area contributed by atoms with Gasteiger partial charge in [-0.25, -0.2) is 4.98 Å². The van der Waals surface area contributed by atoms with Crippen LogP contribution in [0.15, 0.2) is 35.5 Å². The second-order valence-electron chi connectivity index (χ2n) is 6.53. The number of imidazole rings is 1. The number of rotatable bonds is 7. The number of esters is 1. The first-order valence-corrected chi connectivity index (χ1v) is 9.34. The molecule has 2 heterocycles. The average Bonchev–Trinajstić information content (AvgIpc) is 3.04. The lowest BCUT2D eigenvalue weighted by Gasteiger charge is -2.33. The Bertz CT molecular complexity index is 825. The van der Waals surface area contributed by atoms with Gasteiger partial charge in [0.1, 0.15) is 0 Å². The third-order valence-electron chi connectivity index (χ3n) is 4.94. The summed E-state index contributed by atoms with van der Waals surface area (Å²) >= 11 is 0. The lowest BCUT2D eigenvalue weighted by molar-refractivity contribution is -0.162. The first-order chi connectivity index (χ1) is 12.6. The van der Waals surface area contributed by atoms with E-state index in [2.05, 4.69) is 30.7 Å². The Hall–Kier alpha value is -2.34. The summed E-state index contributed by atoms with van der Waals surface area (Å²) in [4.78, 5) is 16.2. The third kappa shape index (κ3) is 3.33. The van der Waals surface area contributed by atoms with E-state index in [9.17, 15) is 4.79 Å². The van der Waals surface area contributed by atoms with Crippen LogP contribution in [0.3, 0.4) is 0 Å². The molecule has 1 aliphatic rings. The van der Waals surface area contributed by atoms with E-state index < -0.39 is 0 Å². The minimum absolute atomic E-state index is 0.0689. The summed E-state index contributed by atoms with van der Waals surface area (Å²) in [6.07, 6.45) is 1.86. The Morgan fingerprint density at radius 1 is 1.31 bits per heavy atom. The molecular weight excluding hydrogens is 330 g/mol. The largest absolute Gasteiger partial charge is 0.438 e. The number of para-hydroxylation sites is 2. The van der Waals surface area contributed by atoms with Gasteiger partial charge in [0.05, 0.1) is 11.0 Å². The van der Waals surface area contributed by atoms with Gasteiger partial charge in [-0.05, 0) is 36.5 Å². The highest BCUT2D eigenvalue weighted by Crippen LogP contribution is 2.39. The van der Waals surface area contributed by atoms with Gasteiger partial charge in [0.2, 0.25) is 5.95 Å². The summed E-state index contributed by atoms with van der Waals surface area (Å²) in [5.74, 6) is 0.868. The predicted octanol–water partition coefficient (Wildman–Crippen LogP) is 4.60. The van der Waals surface area contributed by atoms with Gasteiger partial charge in [-0.3, -0.25) is 9.36 Å². The molecule has 2 aromatic rings. The number of anilines is 1. The first-order valence-electron chi connectivity index (χ1n) is 9.34. The maximum absolute atomic E-state index is 11.5. The highest BCUT2D eigenvalue weighted by Gasteiger charge is 2.31. The number of hydrogen-bond acceptors (Lipinski definition) is 5. The van der Waals surface area contributed by atoms with E-state index in [0.29, 0.717) is 12.3 Å². The van der Waals surface area contributed by atoms with E-state index in [0.717, 1.165) is 35.5 Å². The molecule has 0 amide bonds. The van der Waals surface area contributed by atoms with Crippen molar-refractivity contribution in [1.82, 2.24) is 9.55 Å². The number of nitrogens with one attached hydrogen (secondary N) is 1. The Morgan fingerprint density at radius 3 is 2.77 bits per heavy atom. The highest BCUT2D eigenvalue weighted by molar-refractivity contribution is 5.80. The molecule has 2 unspecified atom stereocenters. The molecule has 1 aromatic heterocycles. The van der Waals surface area contributed by atoms with Crippen LogP contribution in [0.5, 0.6) is 0 Å². The van der Waals surface area contributed by atoms with E-state index in [1.807, 2.05) is 24.3 Å². The summed E-state index contributed by atoms with van der Waals surface area (Å²) in [7, 11) is 0. The van der Waals surface area contributed by atoms with Gasteiger partial charge in [0.25, 0.3) is 0 Å². The summed E-state index contributed by atoms with van der Waals surface area (Å²) in [6, 6.07) is 7.99. The molecule has 26 heavy (non-hydrogen) atoms. The number of hydrogen-bond donors (Lipinski definition) is 1. The van der Waals surface area contributed by atoms with Gasteiger partial charge < -0.3 is 14.8 Å². The maximum atomic E-state index is 11.5. The molecule has 3 rings (SSSR count). The fraction of sp³-hybridized carbons (Fsp3) is 0.500. The van der Waals surface area contributed by atoms with E-state index in [4.69, 9.17) is 14.5 Å². The molecule has 6 heteroatoms. The van der Waals surface area contributed by atoms with E-state index in [-0.39, 0.29) is 19.0 Å². The Morgan fingerprint density at radius 2 is 2.08 bits per heavy atom. The zero-order valence-electron chi connectivity index (χ0n) is 15.9. The third-order valence-corrected chi connectivity index (χ3v) is 4.94. The molecule has 1 N–H and O–H groups in total. The van der Waals surface area contributed by atoms with Crippen molar-refractivity contribution in [2.24, 2.45) is 5.92 Å². The van der Waals surface area contributed by atoms with Crippen LogP contribution in [0.1, 0.15) is 53.2 Å². The summed E-state index contributed by atoms with van der Waals surface area (Å²) < 4.78 is 13.3. The minimum atomic E-state index is -0.336. The molecule has 2 atom stereocenters. The Balaban J connectivity index is 2.02. The van der Waals surface area contributed by atoms with E-state index in [1.165, 1.54) is 5.57 Å². The van der Waals surface area contributed by atoms with Crippen molar-refractivity contribution in [2.45, 2.75) is 53.2 Å². The number of nitrogens with zero attached hydrogens (tertiary/aromatic N) is 2. The fourth-order valence-electron chi connectivity index (χ4n) is 3.31.